The Morgan fingerprint density at radius 3 is 2.10 bits per heavy atom. The van der Waals surface area contributed by atoms with Crippen molar-refractivity contribution in [1.82, 2.24) is 0 Å². The highest BCUT2D eigenvalue weighted by atomic mass is 16.5. The average molecular weight is 397 g/mol. The summed E-state index contributed by atoms with van der Waals surface area (Å²) in [5, 5.41) is 10.6. The van der Waals surface area contributed by atoms with E-state index in [1.807, 2.05) is 39.8 Å². The first-order valence-corrected chi connectivity index (χ1v) is 10.5. The van der Waals surface area contributed by atoms with Crippen molar-refractivity contribution in [2.24, 2.45) is 0 Å². The van der Waals surface area contributed by atoms with Crippen molar-refractivity contribution < 1.29 is 14.6 Å². The Morgan fingerprint density at radius 1 is 1.00 bits per heavy atom. The molecule has 0 aliphatic heterocycles. The highest BCUT2D eigenvalue weighted by Gasteiger charge is 2.24. The van der Waals surface area contributed by atoms with Crippen LogP contribution < -0.4 is 4.74 Å². The largest absolute Gasteiger partial charge is 0.507 e. The van der Waals surface area contributed by atoms with Gasteiger partial charge >= 0.3 is 5.97 Å². The van der Waals surface area contributed by atoms with Gasteiger partial charge in [-0.25, -0.2) is 4.79 Å². The summed E-state index contributed by atoms with van der Waals surface area (Å²) in [6.45, 7) is 18.8. The summed E-state index contributed by atoms with van der Waals surface area (Å²) in [6.07, 6.45) is 0.646. The van der Waals surface area contributed by atoms with Gasteiger partial charge in [0.05, 0.1) is 5.56 Å². The van der Waals surface area contributed by atoms with Crippen LogP contribution in [0.1, 0.15) is 101 Å². The number of aryl methyl sites for hydroxylation is 1. The van der Waals surface area contributed by atoms with E-state index in [2.05, 4.69) is 40.7 Å². The number of hydrogen-bond acceptors (Lipinski definition) is 3. The van der Waals surface area contributed by atoms with Crippen LogP contribution in [0.3, 0.4) is 0 Å². The normalized spacial score (nSPS) is 12.3. The number of carbonyl (C=O) groups excluding carboxylic acids is 1. The fourth-order valence-electron chi connectivity index (χ4n) is 3.37. The fourth-order valence-corrected chi connectivity index (χ4v) is 3.37. The van der Waals surface area contributed by atoms with Crippen LogP contribution in [0, 0.1) is 0 Å². The van der Waals surface area contributed by atoms with Gasteiger partial charge in [0.15, 0.2) is 0 Å². The summed E-state index contributed by atoms with van der Waals surface area (Å²) in [4.78, 5) is 13.0. The molecule has 0 unspecified atom stereocenters. The molecule has 0 atom stereocenters. The summed E-state index contributed by atoms with van der Waals surface area (Å²) in [5.74, 6) is 0.710. The molecule has 3 nitrogen and oxygen atoms in total. The van der Waals surface area contributed by atoms with E-state index in [0.717, 1.165) is 16.7 Å². The third-order valence-corrected chi connectivity index (χ3v) is 5.31. The van der Waals surface area contributed by atoms with Gasteiger partial charge in [0, 0.05) is 5.56 Å². The third-order valence-electron chi connectivity index (χ3n) is 5.31. The molecule has 0 aliphatic carbocycles. The second-order valence-corrected chi connectivity index (χ2v) is 10.2. The van der Waals surface area contributed by atoms with Crippen molar-refractivity contribution in [2.45, 2.75) is 85.5 Å². The molecule has 0 fully saturated rings. The molecule has 0 radical (unpaired) electrons. The highest BCUT2D eigenvalue weighted by molar-refractivity contribution is 5.92. The second kappa shape index (κ2) is 8.22. The Bertz CT molecular complexity index is 893. The minimum absolute atomic E-state index is 0.0285. The monoisotopic (exact) mass is 396 g/mol. The summed E-state index contributed by atoms with van der Waals surface area (Å²) < 4.78 is 5.85. The maximum Gasteiger partial charge on any atom is 0.343 e. The fraction of sp³-hybridized carbons (Fsp3) is 0.500. The number of phenols is 1. The van der Waals surface area contributed by atoms with Gasteiger partial charge < -0.3 is 9.84 Å². The summed E-state index contributed by atoms with van der Waals surface area (Å²) in [7, 11) is 0. The molecule has 0 bridgehead atoms. The van der Waals surface area contributed by atoms with Crippen LogP contribution in [-0.2, 0) is 17.3 Å². The smallest absolute Gasteiger partial charge is 0.343 e. The van der Waals surface area contributed by atoms with Crippen molar-refractivity contribution in [3.63, 3.8) is 0 Å². The number of aromatic hydroxyl groups is 1. The lowest BCUT2D eigenvalue weighted by Crippen LogP contribution is -2.17. The molecule has 3 heteroatoms. The molecule has 29 heavy (non-hydrogen) atoms. The van der Waals surface area contributed by atoms with Crippen molar-refractivity contribution in [2.75, 3.05) is 0 Å². The van der Waals surface area contributed by atoms with Gasteiger partial charge in [-0.15, -0.1) is 0 Å². The lowest BCUT2D eigenvalue weighted by atomic mass is 9.83. The van der Waals surface area contributed by atoms with Gasteiger partial charge in [0.2, 0.25) is 0 Å². The molecule has 0 heterocycles. The Morgan fingerprint density at radius 2 is 1.62 bits per heavy atom. The lowest BCUT2D eigenvalue weighted by molar-refractivity contribution is 0.0732. The predicted molar refractivity (Wildman–Crippen MR) is 120 cm³/mol. The lowest BCUT2D eigenvalue weighted by Gasteiger charge is -2.24. The van der Waals surface area contributed by atoms with Crippen molar-refractivity contribution in [3.05, 3.63) is 58.1 Å². The van der Waals surface area contributed by atoms with E-state index in [1.165, 1.54) is 5.56 Å². The second-order valence-electron chi connectivity index (χ2n) is 10.2. The molecular formula is C26H36O3. The van der Waals surface area contributed by atoms with E-state index in [-0.39, 0.29) is 22.5 Å². The first-order chi connectivity index (χ1) is 13.3. The molecule has 0 aromatic heterocycles. The molecule has 2 aromatic rings. The molecule has 2 rings (SSSR count). The highest BCUT2D eigenvalue weighted by Crippen LogP contribution is 2.36. The molecule has 0 spiro atoms. The molecule has 0 saturated carbocycles. The zero-order valence-electron chi connectivity index (χ0n) is 19.4. The topological polar surface area (TPSA) is 46.5 Å². The van der Waals surface area contributed by atoms with Crippen LogP contribution in [0.2, 0.25) is 0 Å². The molecule has 1 N–H and O–H groups in total. The Labute approximate surface area is 176 Å². The third kappa shape index (κ3) is 5.20. The van der Waals surface area contributed by atoms with E-state index in [4.69, 9.17) is 4.74 Å². The van der Waals surface area contributed by atoms with E-state index < -0.39 is 5.97 Å². The molecule has 2 aromatic carbocycles. The number of carbonyl (C=O) groups is 1. The van der Waals surface area contributed by atoms with Gasteiger partial charge in [-0.3, -0.25) is 0 Å². The van der Waals surface area contributed by atoms with Gasteiger partial charge in [-0.2, -0.15) is 0 Å². The van der Waals surface area contributed by atoms with E-state index in [9.17, 15) is 9.90 Å². The number of phenolic OH excluding ortho intramolecular Hbond substituents is 1. The molecule has 158 valence electrons. The number of esters is 1. The Hall–Kier alpha value is -2.29. The number of hydrogen-bond donors (Lipinski definition) is 1. The van der Waals surface area contributed by atoms with E-state index >= 15 is 0 Å². The first-order valence-electron chi connectivity index (χ1n) is 10.5. The quantitative estimate of drug-likeness (QED) is 0.452. The van der Waals surface area contributed by atoms with Crippen LogP contribution in [0.25, 0.3) is 0 Å². The average Bonchev–Trinajstić information content (AvgIpc) is 2.59. The van der Waals surface area contributed by atoms with Gasteiger partial charge in [-0.1, -0.05) is 74.4 Å². The van der Waals surface area contributed by atoms with Gasteiger partial charge in [-0.05, 0) is 58.1 Å². The van der Waals surface area contributed by atoms with Crippen molar-refractivity contribution in [3.8, 4) is 11.5 Å². The van der Waals surface area contributed by atoms with Crippen LogP contribution >= 0.6 is 0 Å². The van der Waals surface area contributed by atoms with Gasteiger partial charge in [0.25, 0.3) is 0 Å². The molecule has 0 amide bonds. The molecule has 0 aliphatic rings. The molecular weight excluding hydrogens is 360 g/mol. The molecule has 0 saturated heterocycles. The number of rotatable bonds is 4. The van der Waals surface area contributed by atoms with Crippen molar-refractivity contribution >= 4 is 5.97 Å². The van der Waals surface area contributed by atoms with E-state index in [1.54, 1.807) is 12.1 Å². The maximum absolute atomic E-state index is 13.0. The van der Waals surface area contributed by atoms with Crippen LogP contribution in [0.15, 0.2) is 30.3 Å². The van der Waals surface area contributed by atoms with Crippen LogP contribution in [-0.4, -0.2) is 11.1 Å². The zero-order valence-corrected chi connectivity index (χ0v) is 19.4. The first kappa shape index (κ1) is 23.0. The standard InChI is InChI=1S/C26H36O3/c1-10-17-13-18(14-21(23(17)27)26(7,8)9)24(28)29-22-12-11-19(25(4,5)6)15-20(22)16(2)3/h11-16,27H,10H2,1-9H3. The summed E-state index contributed by atoms with van der Waals surface area (Å²) >= 11 is 0. The zero-order chi connectivity index (χ0) is 22.1. The number of benzene rings is 2. The summed E-state index contributed by atoms with van der Waals surface area (Å²) in [5.41, 5.74) is 3.99. The minimum Gasteiger partial charge on any atom is -0.507 e. The van der Waals surface area contributed by atoms with Crippen molar-refractivity contribution in [1.29, 1.82) is 0 Å². The Balaban J connectivity index is 2.47. The number of ether oxygens (including phenoxy) is 1. The van der Waals surface area contributed by atoms with Crippen LogP contribution in [0.5, 0.6) is 11.5 Å². The maximum atomic E-state index is 13.0. The van der Waals surface area contributed by atoms with Crippen LogP contribution in [0.4, 0.5) is 0 Å². The van der Waals surface area contributed by atoms with Gasteiger partial charge in [0.1, 0.15) is 11.5 Å². The summed E-state index contributed by atoms with van der Waals surface area (Å²) in [6, 6.07) is 9.58. The van der Waals surface area contributed by atoms with E-state index in [0.29, 0.717) is 17.7 Å². The Kier molecular flexibility index (Phi) is 6.51. The minimum atomic E-state index is -0.393. The SMILES string of the molecule is CCc1cc(C(=O)Oc2ccc(C(C)(C)C)cc2C(C)C)cc(C(C)(C)C)c1O. The predicted octanol–water partition coefficient (Wildman–Crippen LogP) is 6.89.